The number of tetrazole rings is 1. The van der Waals surface area contributed by atoms with E-state index in [1.54, 1.807) is 7.05 Å². The van der Waals surface area contributed by atoms with Crippen molar-refractivity contribution in [3.05, 3.63) is 5.82 Å². The second-order valence-electron chi connectivity index (χ2n) is 3.81. The third kappa shape index (κ3) is 9.10. The van der Waals surface area contributed by atoms with Gasteiger partial charge >= 0.3 is 11.8 Å². The Morgan fingerprint density at radius 2 is 1.95 bits per heavy atom. The smallest absolute Gasteiger partial charge is 0.316 e. The van der Waals surface area contributed by atoms with Crippen LogP contribution in [0.25, 0.3) is 0 Å². The summed E-state index contributed by atoms with van der Waals surface area (Å²) in [5.41, 5.74) is 0. The zero-order valence-electron chi connectivity index (χ0n) is 11.6. The van der Waals surface area contributed by atoms with Crippen LogP contribution in [-0.4, -0.2) is 53.2 Å². The van der Waals surface area contributed by atoms with Crippen molar-refractivity contribution in [3.63, 3.8) is 0 Å². The zero-order chi connectivity index (χ0) is 15.9. The molecule has 0 aliphatic heterocycles. The van der Waals surface area contributed by atoms with Gasteiger partial charge in [-0.2, -0.15) is 0 Å². The van der Waals surface area contributed by atoms with Crippen LogP contribution >= 0.6 is 0 Å². The van der Waals surface area contributed by atoms with Crippen LogP contribution in [0.4, 0.5) is 0 Å². The molecule has 0 aliphatic carbocycles. The minimum atomic E-state index is -3.92. The molecule has 0 aromatic carbocycles. The second kappa shape index (κ2) is 7.65. The monoisotopic (exact) mass is 308 g/mol. The third-order valence-electron chi connectivity index (χ3n) is 1.70. The van der Waals surface area contributed by atoms with E-state index in [4.69, 9.17) is 13.0 Å². The number of Topliss-reactive ketones (excluding diaryl/α,β-unsaturated/α-hetero) is 1. The fourth-order valence-corrected chi connectivity index (χ4v) is 1.11. The van der Waals surface area contributed by atoms with Gasteiger partial charge in [0.1, 0.15) is 13.5 Å². The van der Waals surface area contributed by atoms with Crippen molar-refractivity contribution in [1.82, 2.24) is 15.1 Å². The molecule has 10 nitrogen and oxygen atoms in total. The highest BCUT2D eigenvalue weighted by Gasteiger charge is 2.21. The minimum absolute atomic E-state index is 0.0115. The number of nitrogens with zero attached hydrogens (tertiary/aromatic N) is 4. The predicted molar refractivity (Wildman–Crippen MR) is 63.2 cm³/mol. The Balaban J connectivity index is 0.000000621. The van der Waals surface area contributed by atoms with E-state index >= 15 is 0 Å². The molecule has 20 heavy (non-hydrogen) atoms. The lowest BCUT2D eigenvalue weighted by atomic mass is 10.4. The number of esters is 1. The van der Waals surface area contributed by atoms with E-state index in [1.165, 1.54) is 23.5 Å². The molecule has 1 rings (SSSR count). The predicted octanol–water partition coefficient (Wildman–Crippen LogP) is -2.43. The number of ketones is 1. The summed E-state index contributed by atoms with van der Waals surface area (Å²) in [5, 5.41) is 7.90. The molecule has 0 aliphatic rings. The van der Waals surface area contributed by atoms with E-state index in [0.29, 0.717) is 12.1 Å². The largest absolute Gasteiger partial charge is 0.748 e. The molecule has 0 spiro atoms. The molecule has 0 atom stereocenters. The molecule has 0 bridgehead atoms. The summed E-state index contributed by atoms with van der Waals surface area (Å²) in [6.07, 6.45) is 0.616. The van der Waals surface area contributed by atoms with Crippen molar-refractivity contribution in [2.24, 2.45) is 7.05 Å². The van der Waals surface area contributed by atoms with Crippen LogP contribution in [0, 0.1) is 0 Å². The Morgan fingerprint density at radius 1 is 1.45 bits per heavy atom. The highest BCUT2D eigenvalue weighted by Crippen LogP contribution is 1.89. The summed E-state index contributed by atoms with van der Waals surface area (Å²) in [7, 11) is -0.995. The molecule has 0 saturated heterocycles. The minimum Gasteiger partial charge on any atom is -0.748 e. The van der Waals surface area contributed by atoms with E-state index in [2.05, 4.69) is 15.0 Å². The lowest BCUT2D eigenvalue weighted by Gasteiger charge is -1.94. The van der Waals surface area contributed by atoms with Crippen LogP contribution in [0.3, 0.4) is 0 Å². The van der Waals surface area contributed by atoms with Gasteiger partial charge in [-0.05, 0) is 11.7 Å². The second-order valence-corrected chi connectivity index (χ2v) is 5.22. The van der Waals surface area contributed by atoms with E-state index in [-0.39, 0.29) is 18.7 Å². The molecule has 1 aromatic heterocycles. The molecule has 1 heterocycles. The Labute approximate surface area is 116 Å². The molecular formula is C9H16N4O6S. The Hall–Kier alpha value is -1.88. The Morgan fingerprint density at radius 3 is 2.35 bits per heavy atom. The van der Waals surface area contributed by atoms with Gasteiger partial charge < -0.3 is 9.29 Å². The number of aromatic nitrogens is 4. The summed E-state index contributed by atoms with van der Waals surface area (Å²) >= 11 is 0. The van der Waals surface area contributed by atoms with Gasteiger partial charge in [0.2, 0.25) is 0 Å². The maximum Gasteiger partial charge on any atom is 0.316 e. The van der Waals surface area contributed by atoms with Crippen LogP contribution in [0.1, 0.15) is 12.7 Å². The Bertz CT molecular complexity index is 571. The molecule has 0 fully saturated rings. The first-order chi connectivity index (χ1) is 9.02. The first-order valence-corrected chi connectivity index (χ1v) is 7.12. The van der Waals surface area contributed by atoms with Gasteiger partial charge in [0, 0.05) is 6.26 Å². The summed E-state index contributed by atoms with van der Waals surface area (Å²) in [5.74, 6) is -0.0426. The van der Waals surface area contributed by atoms with Crippen molar-refractivity contribution < 1.29 is 32.0 Å². The average molecular weight is 308 g/mol. The fourth-order valence-electron chi connectivity index (χ4n) is 1.11. The van der Waals surface area contributed by atoms with Gasteiger partial charge in [-0.1, -0.05) is 0 Å². The highest BCUT2D eigenvalue weighted by atomic mass is 32.2. The number of carbonyl (C=O) groups excluding carboxylic acids is 2. The van der Waals surface area contributed by atoms with E-state index < -0.39 is 16.1 Å². The summed E-state index contributed by atoms with van der Waals surface area (Å²) < 4.78 is 33.1. The van der Waals surface area contributed by atoms with E-state index in [0.717, 1.165) is 0 Å². The lowest BCUT2D eigenvalue weighted by Crippen LogP contribution is -2.44. The lowest BCUT2D eigenvalue weighted by molar-refractivity contribution is -0.750. The SMILES string of the molecule is COC(=O)Cc1nn(C)n[n+]1CC(C)=O.CS(=O)(=O)[O-]. The highest BCUT2D eigenvalue weighted by molar-refractivity contribution is 7.84. The van der Waals surface area contributed by atoms with Crippen LogP contribution < -0.4 is 4.68 Å². The maximum atomic E-state index is 11.0. The van der Waals surface area contributed by atoms with Gasteiger partial charge in [-0.3, -0.25) is 9.59 Å². The number of rotatable bonds is 4. The summed E-state index contributed by atoms with van der Waals surface area (Å²) in [6.45, 7) is 1.56. The summed E-state index contributed by atoms with van der Waals surface area (Å²) in [6, 6.07) is 0. The van der Waals surface area contributed by atoms with Gasteiger partial charge in [-0.25, -0.2) is 8.42 Å². The number of hydrogen-bond acceptors (Lipinski definition) is 8. The standard InChI is InChI=1S/C8H13N4O3.CH4O3S/c1-6(13)5-12-7(4-8(14)15-3)9-11(2)10-12;1-5(2,3)4/h4-5H2,1-3H3;1H3,(H,2,3,4)/q+1;/p-1. The number of methoxy groups -OCH3 is 1. The van der Waals surface area contributed by atoms with Gasteiger partial charge in [0.05, 0.1) is 27.5 Å². The third-order valence-corrected chi connectivity index (χ3v) is 1.70. The van der Waals surface area contributed by atoms with Gasteiger partial charge in [0.25, 0.3) is 0 Å². The van der Waals surface area contributed by atoms with Crippen molar-refractivity contribution in [1.29, 1.82) is 0 Å². The molecule has 0 saturated carbocycles. The van der Waals surface area contributed by atoms with Gasteiger partial charge in [-0.15, -0.1) is 4.68 Å². The molecule has 11 heteroatoms. The molecule has 0 unspecified atom stereocenters. The maximum absolute atomic E-state index is 11.0. The number of carbonyl (C=O) groups is 2. The van der Waals surface area contributed by atoms with Crippen molar-refractivity contribution >= 4 is 21.9 Å². The van der Waals surface area contributed by atoms with E-state index in [9.17, 15) is 9.59 Å². The van der Waals surface area contributed by atoms with E-state index in [1.807, 2.05) is 0 Å². The number of hydrogen-bond donors (Lipinski definition) is 0. The molecule has 0 amide bonds. The van der Waals surface area contributed by atoms with Crippen molar-refractivity contribution in [2.45, 2.75) is 19.9 Å². The van der Waals surface area contributed by atoms with Crippen molar-refractivity contribution in [2.75, 3.05) is 13.4 Å². The average Bonchev–Trinajstić information content (AvgIpc) is 2.55. The number of aryl methyl sites for hydroxylation is 1. The van der Waals surface area contributed by atoms with Crippen molar-refractivity contribution in [3.8, 4) is 0 Å². The quantitative estimate of drug-likeness (QED) is 0.340. The van der Waals surface area contributed by atoms with Crippen LogP contribution in [0.2, 0.25) is 0 Å². The summed E-state index contributed by atoms with van der Waals surface area (Å²) in [4.78, 5) is 23.3. The van der Waals surface area contributed by atoms with Crippen LogP contribution in [-0.2, 0) is 44.5 Å². The molecule has 0 N–H and O–H groups in total. The molecule has 114 valence electrons. The van der Waals surface area contributed by atoms with Crippen LogP contribution in [0.15, 0.2) is 0 Å². The normalized spacial score (nSPS) is 10.4. The van der Waals surface area contributed by atoms with Gasteiger partial charge in [0.15, 0.2) is 12.3 Å². The zero-order valence-corrected chi connectivity index (χ0v) is 12.4. The Kier molecular flexibility index (Phi) is 6.93. The number of ether oxygens (including phenoxy) is 1. The molecule has 1 aromatic rings. The van der Waals surface area contributed by atoms with Crippen LogP contribution in [0.5, 0.6) is 0 Å². The fraction of sp³-hybridized carbons (Fsp3) is 0.667. The first-order valence-electron chi connectivity index (χ1n) is 5.30. The first kappa shape index (κ1) is 18.1. The molecular weight excluding hydrogens is 292 g/mol. The molecule has 0 radical (unpaired) electrons. The topological polar surface area (TPSA) is 135 Å².